The number of benzene rings is 2. The minimum absolute atomic E-state index is 0.0746. The van der Waals surface area contributed by atoms with Crippen molar-refractivity contribution in [3.63, 3.8) is 0 Å². The molecule has 0 radical (unpaired) electrons. The standard InChI is InChI=1S/C27H32N4O4S/c1-17(2)14-28-22(32)15-31-23(33)16-36-26(20-13-19(34-4)11-12-21(20)35-5)24-25(29-30(3)27(24)31)18-9-7-6-8-10-18/h6-13,17,26H,14-16H2,1-5H3,(H,28,32)/t26-/m0/s1. The Labute approximate surface area is 216 Å². The van der Waals surface area contributed by atoms with E-state index in [-0.39, 0.29) is 29.4 Å². The summed E-state index contributed by atoms with van der Waals surface area (Å²) in [4.78, 5) is 27.8. The molecule has 0 spiro atoms. The molecule has 3 aromatic rings. The van der Waals surface area contributed by atoms with Crippen LogP contribution in [0.4, 0.5) is 5.82 Å². The van der Waals surface area contributed by atoms with Gasteiger partial charge in [0.1, 0.15) is 23.9 Å². The highest BCUT2D eigenvalue weighted by molar-refractivity contribution is 8.00. The van der Waals surface area contributed by atoms with Crippen molar-refractivity contribution in [2.24, 2.45) is 13.0 Å². The summed E-state index contributed by atoms with van der Waals surface area (Å²) in [6, 6.07) is 15.5. The Morgan fingerprint density at radius 1 is 1.17 bits per heavy atom. The normalized spacial score (nSPS) is 15.4. The van der Waals surface area contributed by atoms with Crippen LogP contribution < -0.4 is 19.7 Å². The number of aryl methyl sites for hydroxylation is 1. The highest BCUT2D eigenvalue weighted by Crippen LogP contribution is 2.50. The molecule has 4 rings (SSSR count). The first-order chi connectivity index (χ1) is 17.3. The van der Waals surface area contributed by atoms with Gasteiger partial charge in [-0.3, -0.25) is 19.2 Å². The third-order valence-electron chi connectivity index (χ3n) is 6.02. The number of anilines is 1. The van der Waals surface area contributed by atoms with E-state index in [2.05, 4.69) is 5.32 Å². The van der Waals surface area contributed by atoms with Gasteiger partial charge in [-0.1, -0.05) is 44.2 Å². The first-order valence-electron chi connectivity index (χ1n) is 11.9. The molecule has 190 valence electrons. The maximum absolute atomic E-state index is 13.4. The van der Waals surface area contributed by atoms with Crippen LogP contribution in [0.2, 0.25) is 0 Å². The molecule has 0 saturated carbocycles. The minimum Gasteiger partial charge on any atom is -0.497 e. The number of amides is 2. The Morgan fingerprint density at radius 3 is 2.58 bits per heavy atom. The number of carbonyl (C=O) groups excluding carboxylic acids is 2. The number of ether oxygens (including phenoxy) is 2. The number of hydrogen-bond acceptors (Lipinski definition) is 6. The fourth-order valence-corrected chi connectivity index (χ4v) is 5.52. The van der Waals surface area contributed by atoms with Crippen LogP contribution in [0.5, 0.6) is 11.5 Å². The van der Waals surface area contributed by atoms with Gasteiger partial charge < -0.3 is 14.8 Å². The largest absolute Gasteiger partial charge is 0.497 e. The van der Waals surface area contributed by atoms with E-state index >= 15 is 0 Å². The lowest BCUT2D eigenvalue weighted by Gasteiger charge is -2.23. The van der Waals surface area contributed by atoms with Crippen LogP contribution in [0.25, 0.3) is 11.3 Å². The van der Waals surface area contributed by atoms with Crippen LogP contribution in [-0.2, 0) is 16.6 Å². The van der Waals surface area contributed by atoms with Crippen molar-refractivity contribution in [1.82, 2.24) is 15.1 Å². The number of methoxy groups -OCH3 is 2. The molecule has 0 unspecified atom stereocenters. The number of carbonyl (C=O) groups is 2. The summed E-state index contributed by atoms with van der Waals surface area (Å²) in [5.41, 5.74) is 3.44. The number of nitrogens with zero attached hydrogens (tertiary/aromatic N) is 3. The lowest BCUT2D eigenvalue weighted by molar-refractivity contribution is -0.123. The number of aromatic nitrogens is 2. The zero-order valence-electron chi connectivity index (χ0n) is 21.3. The molecule has 1 aliphatic rings. The minimum atomic E-state index is -0.276. The summed E-state index contributed by atoms with van der Waals surface area (Å²) < 4.78 is 12.9. The Bertz CT molecular complexity index is 1240. The predicted molar refractivity (Wildman–Crippen MR) is 143 cm³/mol. The molecule has 36 heavy (non-hydrogen) atoms. The SMILES string of the molecule is COc1ccc(OC)c([C@@H]2SCC(=O)N(CC(=O)NCC(C)C)c3c2c(-c2ccccc2)nn3C)c1. The average Bonchev–Trinajstić information content (AvgIpc) is 3.15. The van der Waals surface area contributed by atoms with Gasteiger partial charge in [-0.05, 0) is 24.1 Å². The Balaban J connectivity index is 1.90. The molecule has 1 N–H and O–H groups in total. The Morgan fingerprint density at radius 2 is 1.92 bits per heavy atom. The van der Waals surface area contributed by atoms with Crippen molar-refractivity contribution >= 4 is 29.4 Å². The number of thioether (sulfide) groups is 1. The molecule has 0 saturated heterocycles. The van der Waals surface area contributed by atoms with Gasteiger partial charge >= 0.3 is 0 Å². The molecule has 0 aliphatic carbocycles. The number of rotatable bonds is 8. The molecule has 0 bridgehead atoms. The van der Waals surface area contributed by atoms with Crippen LogP contribution in [0.1, 0.15) is 30.2 Å². The summed E-state index contributed by atoms with van der Waals surface area (Å²) in [7, 11) is 5.07. The lowest BCUT2D eigenvalue weighted by atomic mass is 9.98. The maximum Gasteiger partial charge on any atom is 0.240 e. The van der Waals surface area contributed by atoms with E-state index in [4.69, 9.17) is 14.6 Å². The number of fused-ring (bicyclic) bond motifs is 1. The molecule has 0 fully saturated rings. The smallest absolute Gasteiger partial charge is 0.240 e. The second kappa shape index (κ2) is 11.1. The van der Waals surface area contributed by atoms with E-state index in [1.807, 2.05) is 69.4 Å². The van der Waals surface area contributed by atoms with Crippen LogP contribution in [0.3, 0.4) is 0 Å². The van der Waals surface area contributed by atoms with Gasteiger partial charge in [0, 0.05) is 30.3 Å². The molecule has 2 heterocycles. The van der Waals surface area contributed by atoms with Gasteiger partial charge in [-0.15, -0.1) is 11.8 Å². The number of nitrogens with one attached hydrogen (secondary N) is 1. The molecule has 1 aliphatic heterocycles. The van der Waals surface area contributed by atoms with Crippen LogP contribution in [0.15, 0.2) is 48.5 Å². The molecule has 8 nitrogen and oxygen atoms in total. The first-order valence-corrected chi connectivity index (χ1v) is 12.9. The van der Waals surface area contributed by atoms with E-state index in [9.17, 15) is 9.59 Å². The second-order valence-electron chi connectivity index (χ2n) is 9.05. The predicted octanol–water partition coefficient (Wildman–Crippen LogP) is 4.05. The second-order valence-corrected chi connectivity index (χ2v) is 10.1. The number of hydrogen-bond donors (Lipinski definition) is 1. The van der Waals surface area contributed by atoms with E-state index < -0.39 is 0 Å². The van der Waals surface area contributed by atoms with Gasteiger partial charge in [-0.2, -0.15) is 5.10 Å². The Hall–Kier alpha value is -3.46. The summed E-state index contributed by atoms with van der Waals surface area (Å²) in [5.74, 6) is 2.16. The highest BCUT2D eigenvalue weighted by atomic mass is 32.2. The fourth-order valence-electron chi connectivity index (χ4n) is 4.31. The van der Waals surface area contributed by atoms with Crippen molar-refractivity contribution in [1.29, 1.82) is 0 Å². The van der Waals surface area contributed by atoms with E-state index in [0.29, 0.717) is 29.8 Å². The summed E-state index contributed by atoms with van der Waals surface area (Å²) in [6.07, 6.45) is 0. The van der Waals surface area contributed by atoms with E-state index in [1.54, 1.807) is 23.8 Å². The Kier molecular flexibility index (Phi) is 7.88. The summed E-state index contributed by atoms with van der Waals surface area (Å²) >= 11 is 1.50. The van der Waals surface area contributed by atoms with Gasteiger partial charge in [0.2, 0.25) is 11.8 Å². The molecule has 1 aromatic heterocycles. The molecule has 1 atom stereocenters. The monoisotopic (exact) mass is 508 g/mol. The average molecular weight is 509 g/mol. The topological polar surface area (TPSA) is 85.7 Å². The highest BCUT2D eigenvalue weighted by Gasteiger charge is 2.37. The van der Waals surface area contributed by atoms with Crippen LogP contribution >= 0.6 is 11.8 Å². The molecule has 2 aromatic carbocycles. The third-order valence-corrected chi connectivity index (χ3v) is 7.26. The van der Waals surface area contributed by atoms with E-state index in [0.717, 1.165) is 22.4 Å². The first kappa shape index (κ1) is 25.6. The molecule has 9 heteroatoms. The van der Waals surface area contributed by atoms with Crippen LogP contribution in [-0.4, -0.2) is 54.7 Å². The quantitative estimate of drug-likeness (QED) is 0.494. The molecular formula is C27H32N4O4S. The van der Waals surface area contributed by atoms with Gasteiger partial charge in [-0.25, -0.2) is 0 Å². The van der Waals surface area contributed by atoms with Gasteiger partial charge in [0.25, 0.3) is 0 Å². The van der Waals surface area contributed by atoms with Crippen LogP contribution in [0, 0.1) is 5.92 Å². The van der Waals surface area contributed by atoms with E-state index in [1.165, 1.54) is 11.8 Å². The van der Waals surface area contributed by atoms with Gasteiger partial charge in [0.15, 0.2) is 0 Å². The van der Waals surface area contributed by atoms with Crippen molar-refractivity contribution in [2.75, 3.05) is 38.0 Å². The van der Waals surface area contributed by atoms with Crippen molar-refractivity contribution in [3.8, 4) is 22.8 Å². The van der Waals surface area contributed by atoms with Gasteiger partial charge in [0.05, 0.1) is 30.9 Å². The van der Waals surface area contributed by atoms with Crippen molar-refractivity contribution in [2.45, 2.75) is 19.1 Å². The lowest BCUT2D eigenvalue weighted by Crippen LogP contribution is -2.43. The fraction of sp³-hybridized carbons (Fsp3) is 0.370. The maximum atomic E-state index is 13.4. The summed E-state index contributed by atoms with van der Waals surface area (Å²) in [5, 5.41) is 7.50. The molecular weight excluding hydrogens is 476 g/mol. The van der Waals surface area contributed by atoms with Crippen molar-refractivity contribution in [3.05, 3.63) is 59.7 Å². The summed E-state index contributed by atoms with van der Waals surface area (Å²) in [6.45, 7) is 4.54. The zero-order chi connectivity index (χ0) is 25.8. The zero-order valence-corrected chi connectivity index (χ0v) is 22.1. The third kappa shape index (κ3) is 5.21. The molecule has 2 amide bonds. The van der Waals surface area contributed by atoms with Crippen molar-refractivity contribution < 1.29 is 19.1 Å².